The number of amides is 1. The number of hydrogen-bond donors (Lipinski definition) is 0. The van der Waals surface area contributed by atoms with E-state index in [1.54, 1.807) is 0 Å². The van der Waals surface area contributed by atoms with Crippen molar-refractivity contribution in [2.24, 2.45) is 5.92 Å². The van der Waals surface area contributed by atoms with Gasteiger partial charge in [0.15, 0.2) is 0 Å². The second-order valence-corrected chi connectivity index (χ2v) is 7.17. The predicted molar refractivity (Wildman–Crippen MR) is 92.7 cm³/mol. The zero-order valence-corrected chi connectivity index (χ0v) is 15.1. The van der Waals surface area contributed by atoms with Crippen LogP contribution in [0.15, 0.2) is 41.4 Å². The normalized spacial score (nSPS) is 23.3. The molecule has 1 aromatic carbocycles. The highest BCUT2D eigenvalue weighted by Crippen LogP contribution is 2.37. The molecule has 1 heterocycles. The first-order chi connectivity index (χ1) is 10.4. The van der Waals surface area contributed by atoms with Crippen molar-refractivity contribution in [1.82, 2.24) is 4.90 Å². The van der Waals surface area contributed by atoms with Crippen LogP contribution in [0.2, 0.25) is 0 Å². The van der Waals surface area contributed by atoms with Crippen molar-refractivity contribution in [3.8, 4) is 0 Å². The van der Waals surface area contributed by atoms with E-state index in [0.29, 0.717) is 13.0 Å². The summed E-state index contributed by atoms with van der Waals surface area (Å²) in [4.78, 5) is 14.3. The maximum Gasteiger partial charge on any atom is 0.410 e. The van der Waals surface area contributed by atoms with Gasteiger partial charge in [0.2, 0.25) is 0 Å². The van der Waals surface area contributed by atoms with Gasteiger partial charge in [0.25, 0.3) is 0 Å². The molecule has 0 aliphatic carbocycles. The number of ether oxygens (including phenoxy) is 1. The standard InChI is InChI=1S/C18H24BrNO2/c1-5-10-18(13(2)3)11-12-20(17(21)22-18)14(4)15-6-8-16(19)9-7-15/h5-9,13-14H,1,10-12H2,2-4H3. The number of carbonyl (C=O) groups excluding carboxylic acids is 1. The summed E-state index contributed by atoms with van der Waals surface area (Å²) in [6.45, 7) is 10.8. The quantitative estimate of drug-likeness (QED) is 0.660. The number of hydrogen-bond acceptors (Lipinski definition) is 2. The molecule has 1 amide bonds. The summed E-state index contributed by atoms with van der Waals surface area (Å²) in [5.41, 5.74) is 0.704. The van der Waals surface area contributed by atoms with Crippen molar-refractivity contribution in [3.05, 3.63) is 47.0 Å². The number of rotatable bonds is 5. The van der Waals surface area contributed by atoms with E-state index in [-0.39, 0.29) is 18.1 Å². The van der Waals surface area contributed by atoms with Crippen LogP contribution >= 0.6 is 15.9 Å². The van der Waals surface area contributed by atoms with Gasteiger partial charge in [-0.05, 0) is 30.5 Å². The fourth-order valence-electron chi connectivity index (χ4n) is 2.99. The van der Waals surface area contributed by atoms with Crippen LogP contribution in [-0.2, 0) is 4.74 Å². The van der Waals surface area contributed by atoms with Crippen molar-refractivity contribution in [1.29, 1.82) is 0 Å². The van der Waals surface area contributed by atoms with Crippen LogP contribution in [0.3, 0.4) is 0 Å². The van der Waals surface area contributed by atoms with Gasteiger partial charge in [-0.2, -0.15) is 0 Å². The molecule has 1 aliphatic heterocycles. The summed E-state index contributed by atoms with van der Waals surface area (Å²) in [5.74, 6) is 0.277. The predicted octanol–water partition coefficient (Wildman–Crippen LogP) is 5.32. The minimum absolute atomic E-state index is 0.00879. The van der Waals surface area contributed by atoms with E-state index in [1.807, 2.05) is 42.2 Å². The van der Waals surface area contributed by atoms with Gasteiger partial charge in [0.1, 0.15) is 5.60 Å². The Morgan fingerprint density at radius 2 is 2.00 bits per heavy atom. The fourth-order valence-corrected chi connectivity index (χ4v) is 3.25. The summed E-state index contributed by atoms with van der Waals surface area (Å²) >= 11 is 3.44. The van der Waals surface area contributed by atoms with E-state index in [9.17, 15) is 4.79 Å². The van der Waals surface area contributed by atoms with Gasteiger partial charge < -0.3 is 9.64 Å². The molecule has 1 fully saturated rings. The molecule has 4 heteroatoms. The molecule has 1 aromatic rings. The minimum atomic E-state index is -0.408. The molecule has 2 atom stereocenters. The number of cyclic esters (lactones) is 1. The summed E-state index contributed by atoms with van der Waals surface area (Å²) < 4.78 is 6.90. The molecule has 3 nitrogen and oxygen atoms in total. The molecule has 2 unspecified atom stereocenters. The summed E-state index contributed by atoms with van der Waals surface area (Å²) in [6, 6.07) is 8.08. The Hall–Kier alpha value is -1.29. The third-order valence-electron chi connectivity index (χ3n) is 4.66. The molecule has 0 bridgehead atoms. The lowest BCUT2D eigenvalue weighted by molar-refractivity contribution is -0.0805. The number of benzene rings is 1. The third kappa shape index (κ3) is 3.37. The molecule has 2 rings (SSSR count). The third-order valence-corrected chi connectivity index (χ3v) is 5.19. The lowest BCUT2D eigenvalue weighted by Gasteiger charge is -2.45. The maximum absolute atomic E-state index is 12.5. The molecular weight excluding hydrogens is 342 g/mol. The maximum atomic E-state index is 12.5. The summed E-state index contributed by atoms with van der Waals surface area (Å²) in [5, 5.41) is 0. The Balaban J connectivity index is 2.14. The van der Waals surface area contributed by atoms with Crippen LogP contribution < -0.4 is 0 Å². The Bertz CT molecular complexity index is 541. The van der Waals surface area contributed by atoms with Crippen LogP contribution in [0.4, 0.5) is 4.79 Å². The first-order valence-corrected chi connectivity index (χ1v) is 8.55. The summed E-state index contributed by atoms with van der Waals surface area (Å²) in [7, 11) is 0. The van der Waals surface area contributed by atoms with Gasteiger partial charge >= 0.3 is 6.09 Å². The lowest BCUT2D eigenvalue weighted by Crippen LogP contribution is -2.52. The van der Waals surface area contributed by atoms with Gasteiger partial charge in [0, 0.05) is 23.9 Å². The van der Waals surface area contributed by atoms with Crippen molar-refractivity contribution >= 4 is 22.0 Å². The highest BCUT2D eigenvalue weighted by molar-refractivity contribution is 9.10. The first kappa shape index (κ1) is 17.1. The molecule has 1 saturated heterocycles. The van der Waals surface area contributed by atoms with Crippen LogP contribution in [-0.4, -0.2) is 23.1 Å². The van der Waals surface area contributed by atoms with Gasteiger partial charge in [-0.15, -0.1) is 6.58 Å². The molecule has 120 valence electrons. The van der Waals surface area contributed by atoms with Crippen LogP contribution in [0.5, 0.6) is 0 Å². The van der Waals surface area contributed by atoms with E-state index in [1.165, 1.54) is 0 Å². The van der Waals surface area contributed by atoms with E-state index < -0.39 is 5.60 Å². The molecule has 0 spiro atoms. The lowest BCUT2D eigenvalue weighted by atomic mass is 9.82. The van der Waals surface area contributed by atoms with Crippen LogP contribution in [0.1, 0.15) is 45.2 Å². The molecule has 1 aliphatic rings. The first-order valence-electron chi connectivity index (χ1n) is 7.75. The molecule has 0 saturated carbocycles. The molecule has 22 heavy (non-hydrogen) atoms. The topological polar surface area (TPSA) is 29.5 Å². The Labute approximate surface area is 141 Å². The van der Waals surface area contributed by atoms with Crippen molar-refractivity contribution in [3.63, 3.8) is 0 Å². The number of nitrogens with zero attached hydrogens (tertiary/aromatic N) is 1. The fraction of sp³-hybridized carbons (Fsp3) is 0.500. The van der Waals surface area contributed by atoms with Crippen molar-refractivity contribution in [2.75, 3.05) is 6.54 Å². The van der Waals surface area contributed by atoms with E-state index in [4.69, 9.17) is 4.74 Å². The van der Waals surface area contributed by atoms with Crippen molar-refractivity contribution in [2.45, 2.75) is 45.3 Å². The zero-order chi connectivity index (χ0) is 16.3. The minimum Gasteiger partial charge on any atom is -0.442 e. The second-order valence-electron chi connectivity index (χ2n) is 6.25. The van der Waals surface area contributed by atoms with Gasteiger partial charge in [-0.3, -0.25) is 0 Å². The zero-order valence-electron chi connectivity index (χ0n) is 13.5. The Morgan fingerprint density at radius 1 is 1.36 bits per heavy atom. The smallest absolute Gasteiger partial charge is 0.410 e. The highest BCUT2D eigenvalue weighted by atomic mass is 79.9. The van der Waals surface area contributed by atoms with Gasteiger partial charge in [-0.1, -0.05) is 48.0 Å². The van der Waals surface area contributed by atoms with E-state index in [0.717, 1.165) is 16.5 Å². The molecule has 0 aromatic heterocycles. The molecule has 0 N–H and O–H groups in total. The van der Waals surface area contributed by atoms with Crippen molar-refractivity contribution < 1.29 is 9.53 Å². The monoisotopic (exact) mass is 365 g/mol. The van der Waals surface area contributed by atoms with Crippen LogP contribution in [0, 0.1) is 5.92 Å². The van der Waals surface area contributed by atoms with Gasteiger partial charge in [0.05, 0.1) is 6.04 Å². The molecule has 0 radical (unpaired) electrons. The Morgan fingerprint density at radius 3 is 2.50 bits per heavy atom. The SMILES string of the molecule is C=CCC1(C(C)C)CCN(C(C)c2ccc(Br)cc2)C(=O)O1. The number of carbonyl (C=O) groups is 1. The average Bonchev–Trinajstić information content (AvgIpc) is 2.47. The van der Waals surface area contributed by atoms with E-state index >= 15 is 0 Å². The second kappa shape index (κ2) is 6.86. The number of halogens is 1. The van der Waals surface area contributed by atoms with Gasteiger partial charge in [-0.25, -0.2) is 4.79 Å². The molecular formula is C18H24BrNO2. The average molecular weight is 366 g/mol. The summed E-state index contributed by atoms with van der Waals surface area (Å²) in [6.07, 6.45) is 3.17. The highest BCUT2D eigenvalue weighted by Gasteiger charge is 2.43. The van der Waals surface area contributed by atoms with E-state index in [2.05, 4.69) is 36.4 Å². The largest absolute Gasteiger partial charge is 0.442 e. The van der Waals surface area contributed by atoms with Crippen LogP contribution in [0.25, 0.3) is 0 Å². The Kier molecular flexibility index (Phi) is 5.32.